The first kappa shape index (κ1) is 12.2. The van der Waals surface area contributed by atoms with Crippen molar-refractivity contribution in [1.29, 1.82) is 0 Å². The molecule has 1 aromatic carbocycles. The fraction of sp³-hybridized carbons (Fsp3) is 0.375. The van der Waals surface area contributed by atoms with E-state index in [0.29, 0.717) is 5.82 Å². The molecular formula is C16H17N3S. The van der Waals surface area contributed by atoms with Gasteiger partial charge in [0.05, 0.1) is 11.1 Å². The average molecular weight is 283 g/mol. The Balaban J connectivity index is 1.85. The second kappa shape index (κ2) is 4.48. The monoisotopic (exact) mass is 283 g/mol. The van der Waals surface area contributed by atoms with Gasteiger partial charge >= 0.3 is 0 Å². The van der Waals surface area contributed by atoms with Gasteiger partial charge in [0.25, 0.3) is 0 Å². The Hall–Kier alpha value is -1.55. The second-order valence-corrected chi connectivity index (χ2v) is 6.64. The summed E-state index contributed by atoms with van der Waals surface area (Å²) in [5.41, 5.74) is 9.80. The summed E-state index contributed by atoms with van der Waals surface area (Å²) >= 11 is 1.88. The van der Waals surface area contributed by atoms with Gasteiger partial charge in [-0.2, -0.15) is 11.8 Å². The van der Waals surface area contributed by atoms with Crippen LogP contribution in [0.2, 0.25) is 0 Å². The van der Waals surface area contributed by atoms with Crippen molar-refractivity contribution in [2.75, 3.05) is 5.73 Å². The molecule has 0 atom stereocenters. The van der Waals surface area contributed by atoms with Gasteiger partial charge in [-0.1, -0.05) is 36.8 Å². The smallest absolute Gasteiger partial charge is 0.141 e. The van der Waals surface area contributed by atoms with Crippen LogP contribution in [0, 0.1) is 0 Å². The van der Waals surface area contributed by atoms with Crippen molar-refractivity contribution in [1.82, 2.24) is 9.97 Å². The zero-order chi connectivity index (χ0) is 13.6. The number of thioether (sulfide) groups is 1. The Morgan fingerprint density at radius 3 is 2.55 bits per heavy atom. The van der Waals surface area contributed by atoms with Crippen LogP contribution in [0.15, 0.2) is 30.3 Å². The summed E-state index contributed by atoms with van der Waals surface area (Å²) in [6.07, 6.45) is 3.49. The molecule has 2 heterocycles. The molecule has 1 saturated carbocycles. The highest BCUT2D eigenvalue weighted by Crippen LogP contribution is 2.48. The standard InChI is InChI=1S/C16H17N3S/c17-14-12-9-20-10-13(12)18-15(19-14)16(7-4-8-16)11-5-2-1-3-6-11/h1-3,5-6H,4,7-10H2,(H2,17,18,19). The second-order valence-electron chi connectivity index (χ2n) is 5.65. The first-order valence-electron chi connectivity index (χ1n) is 7.09. The number of anilines is 1. The third kappa shape index (κ3) is 1.67. The minimum atomic E-state index is -0.00231. The van der Waals surface area contributed by atoms with Crippen molar-refractivity contribution < 1.29 is 0 Å². The van der Waals surface area contributed by atoms with E-state index in [9.17, 15) is 0 Å². The summed E-state index contributed by atoms with van der Waals surface area (Å²) in [4.78, 5) is 9.54. The van der Waals surface area contributed by atoms with Crippen LogP contribution >= 0.6 is 11.8 Å². The van der Waals surface area contributed by atoms with Crippen molar-refractivity contribution >= 4 is 17.6 Å². The lowest BCUT2D eigenvalue weighted by molar-refractivity contribution is 0.285. The van der Waals surface area contributed by atoms with Crippen molar-refractivity contribution in [2.45, 2.75) is 36.2 Å². The van der Waals surface area contributed by atoms with Gasteiger partial charge in [-0.3, -0.25) is 0 Å². The molecule has 1 aromatic heterocycles. The number of hydrogen-bond donors (Lipinski definition) is 1. The summed E-state index contributed by atoms with van der Waals surface area (Å²) in [7, 11) is 0. The third-order valence-electron chi connectivity index (χ3n) is 4.57. The number of benzene rings is 1. The highest BCUT2D eigenvalue weighted by molar-refractivity contribution is 7.98. The van der Waals surface area contributed by atoms with Crippen molar-refractivity contribution in [3.05, 3.63) is 53.0 Å². The van der Waals surface area contributed by atoms with Gasteiger partial charge in [0.15, 0.2) is 0 Å². The summed E-state index contributed by atoms with van der Waals surface area (Å²) in [6, 6.07) is 10.6. The maximum Gasteiger partial charge on any atom is 0.141 e. The highest BCUT2D eigenvalue weighted by atomic mass is 32.2. The molecule has 0 spiro atoms. The third-order valence-corrected chi connectivity index (χ3v) is 5.54. The Labute approximate surface area is 123 Å². The molecule has 0 bridgehead atoms. The van der Waals surface area contributed by atoms with Gasteiger partial charge in [-0.25, -0.2) is 9.97 Å². The number of fused-ring (bicyclic) bond motifs is 1. The van der Waals surface area contributed by atoms with Crippen LogP contribution in [0.5, 0.6) is 0 Å². The van der Waals surface area contributed by atoms with E-state index in [-0.39, 0.29) is 5.41 Å². The topological polar surface area (TPSA) is 51.8 Å². The summed E-state index contributed by atoms with van der Waals surface area (Å²) < 4.78 is 0. The van der Waals surface area contributed by atoms with E-state index < -0.39 is 0 Å². The first-order valence-corrected chi connectivity index (χ1v) is 8.24. The molecule has 102 valence electrons. The van der Waals surface area contributed by atoms with Crippen molar-refractivity contribution in [3.63, 3.8) is 0 Å². The minimum Gasteiger partial charge on any atom is -0.383 e. The molecule has 4 heteroatoms. The molecular weight excluding hydrogens is 266 g/mol. The van der Waals surface area contributed by atoms with Crippen LogP contribution in [-0.2, 0) is 16.9 Å². The van der Waals surface area contributed by atoms with Crippen molar-refractivity contribution in [3.8, 4) is 0 Å². The molecule has 0 unspecified atom stereocenters. The number of nitrogens with zero attached hydrogens (tertiary/aromatic N) is 2. The summed E-state index contributed by atoms with van der Waals surface area (Å²) in [5.74, 6) is 3.56. The van der Waals surface area contributed by atoms with Crippen LogP contribution in [0.3, 0.4) is 0 Å². The summed E-state index contributed by atoms with van der Waals surface area (Å²) in [5, 5.41) is 0. The molecule has 20 heavy (non-hydrogen) atoms. The lowest BCUT2D eigenvalue weighted by Crippen LogP contribution is -2.37. The Bertz CT molecular complexity index is 650. The number of rotatable bonds is 2. The highest BCUT2D eigenvalue weighted by Gasteiger charge is 2.43. The molecule has 2 N–H and O–H groups in total. The molecule has 1 fully saturated rings. The normalized spacial score (nSPS) is 19.4. The molecule has 1 aliphatic carbocycles. The molecule has 4 rings (SSSR count). The Morgan fingerprint density at radius 1 is 1.05 bits per heavy atom. The van der Waals surface area contributed by atoms with Gasteiger partial charge in [0, 0.05) is 17.1 Å². The average Bonchev–Trinajstić information content (AvgIpc) is 2.88. The van der Waals surface area contributed by atoms with Crippen molar-refractivity contribution in [2.24, 2.45) is 0 Å². The van der Waals surface area contributed by atoms with Crippen LogP contribution in [0.25, 0.3) is 0 Å². The maximum atomic E-state index is 6.16. The molecule has 2 aromatic rings. The quantitative estimate of drug-likeness (QED) is 0.919. The number of nitrogens with two attached hydrogens (primary N) is 1. The van der Waals surface area contributed by atoms with E-state index in [1.807, 2.05) is 11.8 Å². The Kier molecular flexibility index (Phi) is 2.74. The van der Waals surface area contributed by atoms with E-state index in [1.54, 1.807) is 0 Å². The SMILES string of the molecule is Nc1nc(C2(c3ccccc3)CCC2)nc2c1CSC2. The van der Waals surface area contributed by atoms with Gasteiger partial charge < -0.3 is 5.73 Å². The predicted octanol–water partition coefficient (Wildman–Crippen LogP) is 3.28. The predicted molar refractivity (Wildman–Crippen MR) is 82.5 cm³/mol. The zero-order valence-electron chi connectivity index (χ0n) is 11.3. The van der Waals surface area contributed by atoms with E-state index in [0.717, 1.165) is 41.4 Å². The van der Waals surface area contributed by atoms with E-state index in [2.05, 4.69) is 35.3 Å². The number of nitrogen functional groups attached to an aromatic ring is 1. The fourth-order valence-corrected chi connectivity index (χ4v) is 4.27. The molecule has 0 radical (unpaired) electrons. The number of aromatic nitrogens is 2. The van der Waals surface area contributed by atoms with Crippen LogP contribution in [0.4, 0.5) is 5.82 Å². The maximum absolute atomic E-state index is 6.16. The van der Waals surface area contributed by atoms with E-state index in [4.69, 9.17) is 10.7 Å². The zero-order valence-corrected chi connectivity index (χ0v) is 12.1. The molecule has 3 nitrogen and oxygen atoms in total. The van der Waals surface area contributed by atoms with Gasteiger partial charge in [0.1, 0.15) is 11.6 Å². The number of hydrogen-bond acceptors (Lipinski definition) is 4. The van der Waals surface area contributed by atoms with Gasteiger partial charge in [0.2, 0.25) is 0 Å². The van der Waals surface area contributed by atoms with E-state index >= 15 is 0 Å². The molecule has 0 amide bonds. The van der Waals surface area contributed by atoms with Crippen LogP contribution in [0.1, 0.15) is 41.9 Å². The largest absolute Gasteiger partial charge is 0.383 e. The Morgan fingerprint density at radius 2 is 1.85 bits per heavy atom. The lowest BCUT2D eigenvalue weighted by Gasteiger charge is -2.41. The molecule has 1 aliphatic heterocycles. The van der Waals surface area contributed by atoms with Crippen LogP contribution in [-0.4, -0.2) is 9.97 Å². The molecule has 2 aliphatic rings. The first-order chi connectivity index (χ1) is 9.79. The minimum absolute atomic E-state index is 0.00231. The van der Waals surface area contributed by atoms with Crippen LogP contribution < -0.4 is 5.73 Å². The molecule has 0 saturated heterocycles. The fourth-order valence-electron chi connectivity index (χ4n) is 3.22. The lowest BCUT2D eigenvalue weighted by atomic mass is 9.64. The van der Waals surface area contributed by atoms with Gasteiger partial charge in [-0.05, 0) is 18.4 Å². The van der Waals surface area contributed by atoms with E-state index in [1.165, 1.54) is 12.0 Å². The summed E-state index contributed by atoms with van der Waals surface area (Å²) in [6.45, 7) is 0. The van der Waals surface area contributed by atoms with Gasteiger partial charge in [-0.15, -0.1) is 0 Å².